The second kappa shape index (κ2) is 4.85. The number of nitrogens with one attached hydrogen (secondary N) is 1. The van der Waals surface area contributed by atoms with E-state index >= 15 is 0 Å². The number of halogens is 1. The van der Waals surface area contributed by atoms with E-state index in [-0.39, 0.29) is 5.54 Å². The number of pyridine rings is 1. The molecule has 5 nitrogen and oxygen atoms in total. The molecule has 3 heterocycles. The average Bonchev–Trinajstić information content (AvgIpc) is 2.83. The third kappa shape index (κ3) is 2.40. The van der Waals surface area contributed by atoms with E-state index in [9.17, 15) is 0 Å². The first-order valence-corrected chi connectivity index (χ1v) is 7.35. The first-order valence-electron chi connectivity index (χ1n) is 6.55. The molecular weight excluding hydrogens is 306 g/mol. The monoisotopic (exact) mass is 323 g/mol. The predicted octanol–water partition coefficient (Wildman–Crippen LogP) is 1.63. The Kier molecular flexibility index (Phi) is 3.32. The Morgan fingerprint density at radius 2 is 2.05 bits per heavy atom. The lowest BCUT2D eigenvalue weighted by molar-refractivity contribution is 0.0950. The lowest BCUT2D eigenvalue weighted by Gasteiger charge is -2.39. The molecule has 0 aromatic carbocycles. The number of hydrogen-bond acceptors (Lipinski definition) is 4. The molecule has 1 aliphatic rings. The fraction of sp³-hybridized carbons (Fsp3) is 0.538. The van der Waals surface area contributed by atoms with Gasteiger partial charge in [-0.2, -0.15) is 0 Å². The zero-order valence-corrected chi connectivity index (χ0v) is 12.8. The summed E-state index contributed by atoms with van der Waals surface area (Å²) in [5.74, 6) is 0.882. The molecule has 1 saturated heterocycles. The molecule has 1 aliphatic heterocycles. The summed E-state index contributed by atoms with van der Waals surface area (Å²) in [6.45, 7) is 8.52. The van der Waals surface area contributed by atoms with Crippen molar-refractivity contribution in [1.82, 2.24) is 24.8 Å². The molecule has 3 rings (SSSR count). The fourth-order valence-electron chi connectivity index (χ4n) is 2.48. The third-order valence-corrected chi connectivity index (χ3v) is 4.25. The minimum atomic E-state index is -0.138. The van der Waals surface area contributed by atoms with E-state index in [1.165, 1.54) is 0 Å². The van der Waals surface area contributed by atoms with Gasteiger partial charge < -0.3 is 5.32 Å². The van der Waals surface area contributed by atoms with Crippen molar-refractivity contribution in [2.75, 3.05) is 26.2 Å². The highest BCUT2D eigenvalue weighted by atomic mass is 79.9. The molecule has 2 aromatic rings. The van der Waals surface area contributed by atoms with Gasteiger partial charge in [-0.1, -0.05) is 15.9 Å². The van der Waals surface area contributed by atoms with Crippen LogP contribution >= 0.6 is 15.9 Å². The molecule has 0 amide bonds. The Morgan fingerprint density at radius 1 is 1.32 bits per heavy atom. The Hall–Kier alpha value is -0.980. The van der Waals surface area contributed by atoms with Gasteiger partial charge >= 0.3 is 0 Å². The molecule has 0 bridgehead atoms. The first kappa shape index (κ1) is 13.0. The van der Waals surface area contributed by atoms with Gasteiger partial charge in [0.1, 0.15) is 0 Å². The molecule has 1 fully saturated rings. The van der Waals surface area contributed by atoms with Crippen LogP contribution in [0, 0.1) is 0 Å². The summed E-state index contributed by atoms with van der Waals surface area (Å²) < 4.78 is 2.86. The van der Waals surface area contributed by atoms with Crippen LogP contribution in [0.15, 0.2) is 22.8 Å². The van der Waals surface area contributed by atoms with Crippen molar-refractivity contribution >= 4 is 21.6 Å². The minimum absolute atomic E-state index is 0.138. The summed E-state index contributed by atoms with van der Waals surface area (Å²) in [5.41, 5.74) is 0.744. The van der Waals surface area contributed by atoms with Gasteiger partial charge in [0.25, 0.3) is 0 Å². The van der Waals surface area contributed by atoms with Gasteiger partial charge in [-0.15, -0.1) is 5.10 Å². The fourth-order valence-corrected chi connectivity index (χ4v) is 2.80. The predicted molar refractivity (Wildman–Crippen MR) is 78.2 cm³/mol. The average molecular weight is 324 g/mol. The zero-order valence-electron chi connectivity index (χ0n) is 11.2. The van der Waals surface area contributed by atoms with Gasteiger partial charge in [0.05, 0.1) is 5.54 Å². The number of nitrogens with zero attached hydrogens (tertiary/aromatic N) is 4. The number of rotatable bonds is 2. The van der Waals surface area contributed by atoms with Crippen LogP contribution in [0.1, 0.15) is 19.7 Å². The van der Waals surface area contributed by atoms with Crippen LogP contribution < -0.4 is 5.32 Å². The second-order valence-corrected chi connectivity index (χ2v) is 6.29. The molecule has 102 valence electrons. The molecule has 0 aliphatic carbocycles. The van der Waals surface area contributed by atoms with Gasteiger partial charge in [-0.05, 0) is 26.0 Å². The highest BCUT2D eigenvalue weighted by Gasteiger charge is 2.33. The second-order valence-electron chi connectivity index (χ2n) is 5.38. The number of fused-ring (bicyclic) bond motifs is 1. The quantitative estimate of drug-likeness (QED) is 0.912. The Labute approximate surface area is 121 Å². The normalized spacial score (nSPS) is 18.1. The molecule has 0 saturated carbocycles. The van der Waals surface area contributed by atoms with Crippen LogP contribution in [0.5, 0.6) is 0 Å². The summed E-state index contributed by atoms with van der Waals surface area (Å²) in [6, 6.07) is 3.97. The molecule has 19 heavy (non-hydrogen) atoms. The molecule has 0 unspecified atom stereocenters. The first-order chi connectivity index (χ1) is 9.07. The van der Waals surface area contributed by atoms with Gasteiger partial charge in [0.15, 0.2) is 11.5 Å². The van der Waals surface area contributed by atoms with Crippen molar-refractivity contribution in [3.8, 4) is 0 Å². The maximum Gasteiger partial charge on any atom is 0.171 e. The molecule has 1 N–H and O–H groups in total. The summed E-state index contributed by atoms with van der Waals surface area (Å²) in [7, 11) is 0. The van der Waals surface area contributed by atoms with Crippen molar-refractivity contribution < 1.29 is 0 Å². The molecule has 6 heteroatoms. The maximum absolute atomic E-state index is 4.68. The Morgan fingerprint density at radius 3 is 2.79 bits per heavy atom. The highest BCUT2D eigenvalue weighted by Crippen LogP contribution is 2.26. The van der Waals surface area contributed by atoms with Crippen molar-refractivity contribution in [2.45, 2.75) is 19.4 Å². The van der Waals surface area contributed by atoms with Gasteiger partial charge in [0, 0.05) is 36.8 Å². The van der Waals surface area contributed by atoms with Crippen LogP contribution in [-0.4, -0.2) is 45.7 Å². The summed E-state index contributed by atoms with van der Waals surface area (Å²) in [5, 5.41) is 8.00. The third-order valence-electron chi connectivity index (χ3n) is 3.75. The van der Waals surface area contributed by atoms with Crippen LogP contribution in [0.25, 0.3) is 5.65 Å². The number of hydrogen-bond donors (Lipinski definition) is 1. The van der Waals surface area contributed by atoms with Crippen LogP contribution in [-0.2, 0) is 5.54 Å². The highest BCUT2D eigenvalue weighted by molar-refractivity contribution is 9.10. The Balaban J connectivity index is 1.97. The lowest BCUT2D eigenvalue weighted by atomic mass is 10.0. The van der Waals surface area contributed by atoms with Crippen LogP contribution in [0.4, 0.5) is 0 Å². The number of piperazine rings is 1. The summed E-state index contributed by atoms with van der Waals surface area (Å²) in [4.78, 5) is 7.12. The maximum atomic E-state index is 4.68. The van der Waals surface area contributed by atoms with E-state index in [4.69, 9.17) is 0 Å². The van der Waals surface area contributed by atoms with E-state index in [1.807, 2.05) is 22.8 Å². The SMILES string of the molecule is CC(C)(c1nc2cc(Br)ccn2n1)N1CCNCC1. The zero-order chi connectivity index (χ0) is 13.5. The van der Waals surface area contributed by atoms with Gasteiger partial charge in [0.2, 0.25) is 0 Å². The lowest BCUT2D eigenvalue weighted by Crippen LogP contribution is -2.52. The minimum Gasteiger partial charge on any atom is -0.314 e. The molecule has 0 atom stereocenters. The van der Waals surface area contributed by atoms with Crippen LogP contribution in [0.3, 0.4) is 0 Å². The standard InChI is InChI=1S/C13H18BrN5/c1-13(2,18-7-4-15-5-8-18)12-16-11-9-10(14)3-6-19(11)17-12/h3,6,9,15H,4-5,7-8H2,1-2H3. The van der Waals surface area contributed by atoms with Gasteiger partial charge in [-0.25, -0.2) is 9.50 Å². The largest absolute Gasteiger partial charge is 0.314 e. The van der Waals surface area contributed by atoms with Crippen molar-refractivity contribution in [1.29, 1.82) is 0 Å². The smallest absolute Gasteiger partial charge is 0.171 e. The molecular formula is C13H18BrN5. The topological polar surface area (TPSA) is 45.5 Å². The molecule has 0 spiro atoms. The summed E-state index contributed by atoms with van der Waals surface area (Å²) >= 11 is 3.47. The van der Waals surface area contributed by atoms with E-state index in [0.29, 0.717) is 0 Å². The van der Waals surface area contributed by atoms with E-state index in [1.54, 1.807) is 0 Å². The van der Waals surface area contributed by atoms with Crippen molar-refractivity contribution in [3.63, 3.8) is 0 Å². The Bertz CT molecular complexity index is 586. The molecule has 0 radical (unpaired) electrons. The van der Waals surface area contributed by atoms with Crippen molar-refractivity contribution in [2.24, 2.45) is 0 Å². The summed E-state index contributed by atoms with van der Waals surface area (Å²) in [6.07, 6.45) is 1.93. The van der Waals surface area contributed by atoms with Crippen molar-refractivity contribution in [3.05, 3.63) is 28.6 Å². The molecule has 2 aromatic heterocycles. The van der Waals surface area contributed by atoms with Crippen LogP contribution in [0.2, 0.25) is 0 Å². The number of aromatic nitrogens is 3. The van der Waals surface area contributed by atoms with E-state index < -0.39 is 0 Å². The van der Waals surface area contributed by atoms with Gasteiger partial charge in [-0.3, -0.25) is 4.90 Å². The van der Waals surface area contributed by atoms with E-state index in [0.717, 1.165) is 42.1 Å². The van der Waals surface area contributed by atoms with E-state index in [2.05, 4.69) is 50.1 Å².